The first-order valence-corrected chi connectivity index (χ1v) is 11.5. The van der Waals surface area contributed by atoms with E-state index >= 15 is 0 Å². The Balaban J connectivity index is 1.64. The highest BCUT2D eigenvalue weighted by Gasteiger charge is 2.36. The molecule has 7 nitrogen and oxygen atoms in total. The van der Waals surface area contributed by atoms with E-state index in [1.54, 1.807) is 9.58 Å². The van der Waals surface area contributed by atoms with Gasteiger partial charge in [-0.25, -0.2) is 4.79 Å². The molecule has 32 heavy (non-hydrogen) atoms. The van der Waals surface area contributed by atoms with Crippen molar-refractivity contribution in [2.75, 3.05) is 13.1 Å². The van der Waals surface area contributed by atoms with Crippen molar-refractivity contribution in [2.24, 2.45) is 7.05 Å². The molecule has 2 amide bonds. The van der Waals surface area contributed by atoms with E-state index in [9.17, 15) is 9.59 Å². The van der Waals surface area contributed by atoms with Gasteiger partial charge < -0.3 is 14.5 Å². The molecule has 0 bridgehead atoms. The average Bonchev–Trinajstić information content (AvgIpc) is 3.32. The highest BCUT2D eigenvalue weighted by Crippen LogP contribution is 2.39. The van der Waals surface area contributed by atoms with Crippen LogP contribution in [-0.2, 0) is 24.8 Å². The van der Waals surface area contributed by atoms with E-state index in [-0.39, 0.29) is 18.0 Å². The van der Waals surface area contributed by atoms with Crippen molar-refractivity contribution >= 4 is 23.6 Å². The van der Waals surface area contributed by atoms with Crippen LogP contribution in [0, 0.1) is 6.92 Å². The van der Waals surface area contributed by atoms with E-state index in [0.29, 0.717) is 30.4 Å². The summed E-state index contributed by atoms with van der Waals surface area (Å²) in [5.74, 6) is -0.0735. The summed E-state index contributed by atoms with van der Waals surface area (Å²) >= 11 is 6.48. The van der Waals surface area contributed by atoms with Crippen molar-refractivity contribution in [1.82, 2.24) is 19.6 Å². The van der Waals surface area contributed by atoms with Crippen LogP contribution < -0.4 is 0 Å². The van der Waals surface area contributed by atoms with Crippen LogP contribution in [-0.4, -0.2) is 50.3 Å². The number of hydrogen-bond donors (Lipinski definition) is 0. The van der Waals surface area contributed by atoms with Crippen LogP contribution in [0.2, 0.25) is 5.02 Å². The number of benzene rings is 1. The normalized spacial score (nSPS) is 18.6. The van der Waals surface area contributed by atoms with Gasteiger partial charge in [-0.2, -0.15) is 5.10 Å². The molecule has 2 aliphatic heterocycles. The monoisotopic (exact) mass is 458 g/mol. The molecule has 3 heterocycles. The van der Waals surface area contributed by atoms with E-state index in [1.807, 2.05) is 57.8 Å². The van der Waals surface area contributed by atoms with Crippen LogP contribution in [0.15, 0.2) is 18.2 Å². The summed E-state index contributed by atoms with van der Waals surface area (Å²) in [5, 5.41) is 5.02. The zero-order chi connectivity index (χ0) is 23.2. The SMILES string of the molecule is Cc1cc(C(=O)N2CCc3cc(Cl)cc([C@@H]4CCCN4C(=O)OC(C)(C)C)c3C2)nn1C. The van der Waals surface area contributed by atoms with E-state index in [1.165, 1.54) is 0 Å². The third-order valence-corrected chi connectivity index (χ3v) is 6.42. The molecular formula is C24H31ClN4O3. The quantitative estimate of drug-likeness (QED) is 0.656. The third kappa shape index (κ3) is 4.49. The molecule has 172 valence electrons. The van der Waals surface area contributed by atoms with Crippen LogP contribution in [0.25, 0.3) is 0 Å². The lowest BCUT2D eigenvalue weighted by atomic mass is 9.90. The number of halogens is 1. The Morgan fingerprint density at radius 3 is 2.59 bits per heavy atom. The molecule has 0 spiro atoms. The minimum Gasteiger partial charge on any atom is -0.444 e. The molecule has 0 unspecified atom stereocenters. The number of aryl methyl sites for hydroxylation is 2. The third-order valence-electron chi connectivity index (χ3n) is 6.20. The van der Waals surface area contributed by atoms with Gasteiger partial charge in [0.25, 0.3) is 5.91 Å². The Hall–Kier alpha value is -2.54. The molecule has 1 aromatic carbocycles. The largest absolute Gasteiger partial charge is 0.444 e. The second-order valence-corrected chi connectivity index (χ2v) is 10.2. The molecule has 1 aromatic heterocycles. The Morgan fingerprint density at radius 1 is 1.19 bits per heavy atom. The fraction of sp³-hybridized carbons (Fsp3) is 0.542. The van der Waals surface area contributed by atoms with Crippen molar-refractivity contribution in [1.29, 1.82) is 0 Å². The van der Waals surface area contributed by atoms with Gasteiger partial charge in [0.05, 0.1) is 6.04 Å². The van der Waals surface area contributed by atoms with Crippen molar-refractivity contribution in [3.63, 3.8) is 0 Å². The van der Waals surface area contributed by atoms with Gasteiger partial charge in [0.1, 0.15) is 5.60 Å². The lowest BCUT2D eigenvalue weighted by Gasteiger charge is -2.34. The molecule has 2 aliphatic rings. The van der Waals surface area contributed by atoms with Crippen molar-refractivity contribution in [3.05, 3.63) is 51.3 Å². The van der Waals surface area contributed by atoms with Gasteiger partial charge in [0, 0.05) is 37.4 Å². The van der Waals surface area contributed by atoms with Crippen LogP contribution in [0.4, 0.5) is 4.79 Å². The van der Waals surface area contributed by atoms with Gasteiger partial charge in [-0.15, -0.1) is 0 Å². The number of carbonyl (C=O) groups is 2. The summed E-state index contributed by atoms with van der Waals surface area (Å²) in [7, 11) is 1.84. The molecule has 1 fully saturated rings. The maximum absolute atomic E-state index is 13.1. The lowest BCUT2D eigenvalue weighted by Crippen LogP contribution is -2.39. The van der Waals surface area contributed by atoms with Gasteiger partial charge in [0.2, 0.25) is 0 Å². The molecular weight excluding hydrogens is 428 g/mol. The zero-order valence-electron chi connectivity index (χ0n) is 19.4. The highest BCUT2D eigenvalue weighted by molar-refractivity contribution is 6.30. The number of aromatic nitrogens is 2. The van der Waals surface area contributed by atoms with Crippen LogP contribution in [0.1, 0.15) is 72.5 Å². The number of carbonyl (C=O) groups excluding carboxylic acids is 2. The van der Waals surface area contributed by atoms with E-state index in [0.717, 1.165) is 41.6 Å². The molecule has 0 N–H and O–H groups in total. The van der Waals surface area contributed by atoms with Gasteiger partial charge in [0.15, 0.2) is 5.69 Å². The lowest BCUT2D eigenvalue weighted by molar-refractivity contribution is 0.0222. The first kappa shape index (κ1) is 22.6. The number of fused-ring (bicyclic) bond motifs is 1. The number of amides is 2. The molecule has 0 saturated carbocycles. The standard InChI is InChI=1S/C24H31ClN4O3/c1-15-11-20(26-27(15)5)22(30)28-10-8-16-12-17(25)13-18(19(16)14-28)21-7-6-9-29(21)23(31)32-24(2,3)4/h11-13,21H,6-10,14H2,1-5H3/t21-/m0/s1. The molecule has 0 aliphatic carbocycles. The zero-order valence-corrected chi connectivity index (χ0v) is 20.2. The summed E-state index contributed by atoms with van der Waals surface area (Å²) in [4.78, 5) is 29.7. The van der Waals surface area contributed by atoms with Crippen molar-refractivity contribution < 1.29 is 14.3 Å². The average molecular weight is 459 g/mol. The molecule has 1 atom stereocenters. The maximum Gasteiger partial charge on any atom is 0.410 e. The molecule has 2 aromatic rings. The number of nitrogens with zero attached hydrogens (tertiary/aromatic N) is 4. The number of hydrogen-bond acceptors (Lipinski definition) is 4. The maximum atomic E-state index is 13.1. The minimum atomic E-state index is -0.554. The van der Waals surface area contributed by atoms with E-state index in [4.69, 9.17) is 16.3 Å². The first-order chi connectivity index (χ1) is 15.0. The Bertz CT molecular complexity index is 1040. The number of ether oxygens (including phenoxy) is 1. The van der Waals surface area contributed by atoms with Crippen LogP contribution in [0.3, 0.4) is 0 Å². The van der Waals surface area contributed by atoms with Gasteiger partial charge in [-0.05, 0) is 81.8 Å². The molecule has 1 saturated heterocycles. The molecule has 4 rings (SSSR count). The van der Waals surface area contributed by atoms with Crippen LogP contribution >= 0.6 is 11.6 Å². The predicted octanol–water partition coefficient (Wildman–Crippen LogP) is 4.65. The summed E-state index contributed by atoms with van der Waals surface area (Å²) < 4.78 is 7.37. The second kappa shape index (κ2) is 8.43. The Labute approximate surface area is 194 Å². The van der Waals surface area contributed by atoms with E-state index < -0.39 is 5.60 Å². The van der Waals surface area contributed by atoms with Gasteiger partial charge >= 0.3 is 6.09 Å². The van der Waals surface area contributed by atoms with Crippen molar-refractivity contribution in [3.8, 4) is 0 Å². The number of rotatable bonds is 2. The van der Waals surface area contributed by atoms with Gasteiger partial charge in [-0.3, -0.25) is 9.48 Å². The summed E-state index contributed by atoms with van der Waals surface area (Å²) in [6.45, 7) is 9.30. The molecule has 0 radical (unpaired) electrons. The summed E-state index contributed by atoms with van der Waals surface area (Å²) in [6.07, 6.45) is 2.17. The smallest absolute Gasteiger partial charge is 0.410 e. The Kier molecular flexibility index (Phi) is 5.96. The Morgan fingerprint density at radius 2 is 1.94 bits per heavy atom. The predicted molar refractivity (Wildman–Crippen MR) is 123 cm³/mol. The first-order valence-electron chi connectivity index (χ1n) is 11.1. The second-order valence-electron chi connectivity index (χ2n) is 9.74. The fourth-order valence-electron chi connectivity index (χ4n) is 4.58. The summed E-state index contributed by atoms with van der Waals surface area (Å²) in [5.41, 5.74) is 4.09. The fourth-order valence-corrected chi connectivity index (χ4v) is 4.83. The topological polar surface area (TPSA) is 67.7 Å². The number of likely N-dealkylation sites (tertiary alicyclic amines) is 1. The minimum absolute atomic E-state index is 0.0735. The highest BCUT2D eigenvalue weighted by atomic mass is 35.5. The molecule has 8 heteroatoms. The van der Waals surface area contributed by atoms with Crippen LogP contribution in [0.5, 0.6) is 0 Å². The van der Waals surface area contributed by atoms with Gasteiger partial charge in [-0.1, -0.05) is 11.6 Å². The van der Waals surface area contributed by atoms with E-state index in [2.05, 4.69) is 5.10 Å². The summed E-state index contributed by atoms with van der Waals surface area (Å²) in [6, 6.07) is 5.65. The van der Waals surface area contributed by atoms with Crippen molar-refractivity contribution in [2.45, 2.75) is 65.1 Å².